The summed E-state index contributed by atoms with van der Waals surface area (Å²) in [5.74, 6) is -0.694. The zero-order valence-electron chi connectivity index (χ0n) is 11.7. The molecule has 6 heteroatoms. The molecular weight excluding hydrogens is 301 g/mol. The predicted molar refractivity (Wildman–Crippen MR) is 84.4 cm³/mol. The molecule has 2 aromatic heterocycles. The number of aromatic nitrogens is 2. The molecule has 0 saturated carbocycles. The van der Waals surface area contributed by atoms with Crippen molar-refractivity contribution in [2.75, 3.05) is 5.32 Å². The number of nitrogens with one attached hydrogen (secondary N) is 1. The van der Waals surface area contributed by atoms with Crippen LogP contribution in [0, 0.1) is 12.7 Å². The van der Waals surface area contributed by atoms with E-state index in [2.05, 4.69) is 15.3 Å². The molecule has 0 atom stereocenters. The van der Waals surface area contributed by atoms with E-state index < -0.39 is 0 Å². The first-order valence-electron chi connectivity index (χ1n) is 6.59. The van der Waals surface area contributed by atoms with Crippen LogP contribution >= 0.6 is 11.3 Å². The number of rotatable bonds is 3. The summed E-state index contributed by atoms with van der Waals surface area (Å²) in [5, 5.41) is 3.22. The van der Waals surface area contributed by atoms with Gasteiger partial charge >= 0.3 is 0 Å². The first kappa shape index (κ1) is 14.3. The monoisotopic (exact) mass is 313 g/mol. The molecule has 0 fully saturated rings. The minimum absolute atomic E-state index is 0.318. The first-order chi connectivity index (χ1) is 10.6. The molecule has 110 valence electrons. The van der Waals surface area contributed by atoms with E-state index in [1.165, 1.54) is 35.6 Å². The van der Waals surface area contributed by atoms with Crippen LogP contribution in [0.25, 0.3) is 10.6 Å². The molecule has 0 saturated heterocycles. The van der Waals surface area contributed by atoms with Gasteiger partial charge in [-0.25, -0.2) is 9.37 Å². The van der Waals surface area contributed by atoms with E-state index in [1.54, 1.807) is 6.20 Å². The molecule has 0 radical (unpaired) electrons. The lowest BCUT2D eigenvalue weighted by atomic mass is 10.2. The number of nitrogens with zero attached hydrogens (tertiary/aromatic N) is 2. The SMILES string of the molecule is Cc1nc(NC(=O)c2ccc(F)cc2)sc1-c1ccccn1. The summed E-state index contributed by atoms with van der Waals surface area (Å²) in [6.45, 7) is 1.87. The van der Waals surface area contributed by atoms with E-state index >= 15 is 0 Å². The smallest absolute Gasteiger partial charge is 0.257 e. The van der Waals surface area contributed by atoms with Crippen molar-refractivity contribution >= 4 is 22.4 Å². The van der Waals surface area contributed by atoms with E-state index in [0.29, 0.717) is 10.7 Å². The van der Waals surface area contributed by atoms with Crippen molar-refractivity contribution < 1.29 is 9.18 Å². The molecule has 0 aliphatic heterocycles. The van der Waals surface area contributed by atoms with Crippen LogP contribution < -0.4 is 5.32 Å². The molecule has 3 aromatic rings. The fraction of sp³-hybridized carbons (Fsp3) is 0.0625. The highest BCUT2D eigenvalue weighted by Gasteiger charge is 2.13. The van der Waals surface area contributed by atoms with Gasteiger partial charge in [0.25, 0.3) is 5.91 Å². The molecular formula is C16H12FN3OS. The zero-order chi connectivity index (χ0) is 15.5. The molecule has 0 unspecified atom stereocenters. The van der Waals surface area contributed by atoms with Gasteiger partial charge in [-0.3, -0.25) is 15.1 Å². The highest BCUT2D eigenvalue weighted by molar-refractivity contribution is 7.19. The van der Waals surface area contributed by atoms with Gasteiger partial charge in [-0.1, -0.05) is 17.4 Å². The number of hydrogen-bond acceptors (Lipinski definition) is 4. The topological polar surface area (TPSA) is 54.9 Å². The fourth-order valence-electron chi connectivity index (χ4n) is 1.96. The summed E-state index contributed by atoms with van der Waals surface area (Å²) >= 11 is 1.36. The van der Waals surface area contributed by atoms with Crippen molar-refractivity contribution in [2.24, 2.45) is 0 Å². The van der Waals surface area contributed by atoms with Crippen molar-refractivity contribution in [1.29, 1.82) is 0 Å². The van der Waals surface area contributed by atoms with Crippen LogP contribution in [0.4, 0.5) is 9.52 Å². The van der Waals surface area contributed by atoms with Crippen LogP contribution in [-0.4, -0.2) is 15.9 Å². The van der Waals surface area contributed by atoms with E-state index in [-0.39, 0.29) is 11.7 Å². The van der Waals surface area contributed by atoms with Crippen molar-refractivity contribution in [3.8, 4) is 10.6 Å². The molecule has 22 heavy (non-hydrogen) atoms. The van der Waals surface area contributed by atoms with Gasteiger partial charge in [0, 0.05) is 11.8 Å². The standard InChI is InChI=1S/C16H12FN3OS/c1-10-14(13-4-2-3-9-18-13)22-16(19-10)20-15(21)11-5-7-12(17)8-6-11/h2-9H,1H3,(H,19,20,21). The third-order valence-electron chi connectivity index (χ3n) is 3.02. The van der Waals surface area contributed by atoms with Gasteiger partial charge in [0.1, 0.15) is 5.82 Å². The van der Waals surface area contributed by atoms with Crippen LogP contribution in [0.3, 0.4) is 0 Å². The van der Waals surface area contributed by atoms with Crippen LogP contribution in [0.1, 0.15) is 16.1 Å². The Kier molecular flexibility index (Phi) is 3.93. The second-order valence-corrected chi connectivity index (χ2v) is 5.61. The Morgan fingerprint density at radius 3 is 2.64 bits per heavy atom. The number of carbonyl (C=O) groups is 1. The lowest BCUT2D eigenvalue weighted by Gasteiger charge is -2.01. The normalized spacial score (nSPS) is 10.5. The number of pyridine rings is 1. The van der Waals surface area contributed by atoms with Crippen LogP contribution in [-0.2, 0) is 0 Å². The maximum atomic E-state index is 12.9. The van der Waals surface area contributed by atoms with Crippen LogP contribution in [0.2, 0.25) is 0 Å². The first-order valence-corrected chi connectivity index (χ1v) is 7.41. The number of anilines is 1. The molecule has 1 N–H and O–H groups in total. The quantitative estimate of drug-likeness (QED) is 0.797. The highest BCUT2D eigenvalue weighted by Crippen LogP contribution is 2.31. The molecule has 3 rings (SSSR count). The van der Waals surface area contributed by atoms with Crippen molar-refractivity contribution in [3.63, 3.8) is 0 Å². The number of hydrogen-bond donors (Lipinski definition) is 1. The summed E-state index contributed by atoms with van der Waals surface area (Å²) in [4.78, 5) is 21.6. The summed E-state index contributed by atoms with van der Waals surface area (Å²) < 4.78 is 12.9. The van der Waals surface area contributed by atoms with Gasteiger partial charge in [-0.15, -0.1) is 0 Å². The zero-order valence-corrected chi connectivity index (χ0v) is 12.5. The van der Waals surface area contributed by atoms with E-state index in [4.69, 9.17) is 0 Å². The van der Waals surface area contributed by atoms with Gasteiger partial charge < -0.3 is 0 Å². The third-order valence-corrected chi connectivity index (χ3v) is 4.12. The van der Waals surface area contributed by atoms with Gasteiger partial charge in [0.2, 0.25) is 0 Å². The second-order valence-electron chi connectivity index (χ2n) is 4.61. The molecule has 2 heterocycles. The minimum atomic E-state index is -0.376. The summed E-state index contributed by atoms with van der Waals surface area (Å²) in [6, 6.07) is 11.0. The van der Waals surface area contributed by atoms with Gasteiger partial charge in [0.05, 0.1) is 16.3 Å². The molecule has 1 aromatic carbocycles. The summed E-state index contributed by atoms with van der Waals surface area (Å²) in [7, 11) is 0. The molecule has 1 amide bonds. The molecule has 0 bridgehead atoms. The third kappa shape index (κ3) is 3.01. The lowest BCUT2D eigenvalue weighted by Crippen LogP contribution is -2.11. The Hall–Kier alpha value is -2.60. The molecule has 0 aliphatic rings. The average Bonchev–Trinajstić information content (AvgIpc) is 2.89. The molecule has 0 aliphatic carbocycles. The number of benzene rings is 1. The number of aryl methyl sites for hydroxylation is 1. The Bertz CT molecular complexity index is 800. The Morgan fingerprint density at radius 1 is 1.18 bits per heavy atom. The molecule has 0 spiro atoms. The Labute approximate surface area is 130 Å². The number of thiazole rings is 1. The highest BCUT2D eigenvalue weighted by atomic mass is 32.1. The Morgan fingerprint density at radius 2 is 1.95 bits per heavy atom. The van der Waals surface area contributed by atoms with Crippen molar-refractivity contribution in [1.82, 2.24) is 9.97 Å². The fourth-order valence-corrected chi connectivity index (χ4v) is 2.89. The van der Waals surface area contributed by atoms with Gasteiger partial charge in [-0.05, 0) is 43.3 Å². The van der Waals surface area contributed by atoms with Gasteiger partial charge in [0.15, 0.2) is 5.13 Å². The van der Waals surface area contributed by atoms with Crippen LogP contribution in [0.15, 0.2) is 48.7 Å². The van der Waals surface area contributed by atoms with Crippen molar-refractivity contribution in [2.45, 2.75) is 6.92 Å². The summed E-state index contributed by atoms with van der Waals surface area (Å²) in [6.07, 6.45) is 1.71. The van der Waals surface area contributed by atoms with Gasteiger partial charge in [-0.2, -0.15) is 0 Å². The number of amides is 1. The maximum absolute atomic E-state index is 12.9. The Balaban J connectivity index is 1.82. The van der Waals surface area contributed by atoms with Crippen LogP contribution in [0.5, 0.6) is 0 Å². The number of halogens is 1. The molecule has 4 nitrogen and oxygen atoms in total. The van der Waals surface area contributed by atoms with E-state index in [9.17, 15) is 9.18 Å². The minimum Gasteiger partial charge on any atom is -0.298 e. The predicted octanol–water partition coefficient (Wildman–Crippen LogP) is 3.90. The average molecular weight is 313 g/mol. The number of carbonyl (C=O) groups excluding carboxylic acids is 1. The second kappa shape index (κ2) is 6.03. The van der Waals surface area contributed by atoms with E-state index in [0.717, 1.165) is 16.3 Å². The van der Waals surface area contributed by atoms with E-state index in [1.807, 2.05) is 25.1 Å². The maximum Gasteiger partial charge on any atom is 0.257 e. The largest absolute Gasteiger partial charge is 0.298 e. The lowest BCUT2D eigenvalue weighted by molar-refractivity contribution is 0.102. The van der Waals surface area contributed by atoms with Crippen molar-refractivity contribution in [3.05, 3.63) is 65.7 Å². The summed E-state index contributed by atoms with van der Waals surface area (Å²) in [5.41, 5.74) is 2.01.